The zero-order chi connectivity index (χ0) is 15.4. The summed E-state index contributed by atoms with van der Waals surface area (Å²) >= 11 is 0. The minimum absolute atomic E-state index is 0.314. The molecule has 0 saturated carbocycles. The maximum Gasteiger partial charge on any atom is 0.330 e. The Morgan fingerprint density at radius 3 is 2.90 bits per heavy atom. The average molecular weight is 289 g/mol. The van der Waals surface area contributed by atoms with Crippen molar-refractivity contribution in [2.75, 3.05) is 6.61 Å². The lowest BCUT2D eigenvalue weighted by Gasteiger charge is -2.20. The van der Waals surface area contributed by atoms with Gasteiger partial charge in [-0.15, -0.1) is 6.58 Å². The molecule has 1 heterocycles. The zero-order valence-corrected chi connectivity index (χ0v) is 11.9. The third-order valence-electron chi connectivity index (χ3n) is 3.61. The molecule has 1 aromatic carbocycles. The van der Waals surface area contributed by atoms with Crippen molar-refractivity contribution in [3.63, 3.8) is 0 Å². The summed E-state index contributed by atoms with van der Waals surface area (Å²) in [5, 5.41) is 12.0. The van der Waals surface area contributed by atoms with Gasteiger partial charge in [0, 0.05) is 6.61 Å². The second-order valence-corrected chi connectivity index (χ2v) is 5.16. The molecule has 1 aliphatic rings. The van der Waals surface area contributed by atoms with Crippen molar-refractivity contribution in [2.45, 2.75) is 25.5 Å². The number of nitrogens with one attached hydrogen (secondary N) is 1. The number of amides is 1. The first-order valence-corrected chi connectivity index (χ1v) is 6.87. The number of hydrogen-bond acceptors (Lipinski definition) is 3. The Morgan fingerprint density at radius 1 is 1.52 bits per heavy atom. The van der Waals surface area contributed by atoms with E-state index in [2.05, 4.69) is 11.9 Å². The van der Waals surface area contributed by atoms with E-state index < -0.39 is 12.0 Å². The van der Waals surface area contributed by atoms with E-state index in [1.54, 1.807) is 24.3 Å². The Hall–Kier alpha value is -2.14. The summed E-state index contributed by atoms with van der Waals surface area (Å²) in [4.78, 5) is 23.7. The molecule has 0 radical (unpaired) electrons. The molecule has 2 rings (SSSR count). The molecule has 21 heavy (non-hydrogen) atoms. The van der Waals surface area contributed by atoms with Crippen LogP contribution in [0.4, 0.5) is 0 Å². The first-order chi connectivity index (χ1) is 10.0. The van der Waals surface area contributed by atoms with Crippen LogP contribution in [0.3, 0.4) is 0 Å². The van der Waals surface area contributed by atoms with Crippen LogP contribution in [0.15, 0.2) is 36.9 Å². The summed E-state index contributed by atoms with van der Waals surface area (Å²) < 4.78 is 5.38. The maximum absolute atomic E-state index is 12.3. The second kappa shape index (κ2) is 6.54. The monoisotopic (exact) mass is 289 g/mol. The zero-order valence-electron chi connectivity index (χ0n) is 11.9. The molecule has 0 spiro atoms. The summed E-state index contributed by atoms with van der Waals surface area (Å²) in [6.45, 7) is 6.00. The van der Waals surface area contributed by atoms with Crippen LogP contribution in [-0.2, 0) is 14.3 Å². The summed E-state index contributed by atoms with van der Waals surface area (Å²) in [7, 11) is 0. The van der Waals surface area contributed by atoms with Gasteiger partial charge in [0.25, 0.3) is 0 Å². The SMILES string of the molecule is C=C[C@@H]1OCC[C@H]1C(=O)NC(C(=O)O)c1cccc(C)c1. The summed E-state index contributed by atoms with van der Waals surface area (Å²) in [6, 6.07) is 6.06. The van der Waals surface area contributed by atoms with Crippen LogP contribution in [0.2, 0.25) is 0 Å². The maximum atomic E-state index is 12.3. The fourth-order valence-electron chi connectivity index (χ4n) is 2.51. The average Bonchev–Trinajstić information content (AvgIpc) is 2.92. The molecule has 0 aliphatic carbocycles. The van der Waals surface area contributed by atoms with Crippen molar-refractivity contribution in [3.05, 3.63) is 48.0 Å². The molecule has 1 aromatic rings. The van der Waals surface area contributed by atoms with Crippen molar-refractivity contribution < 1.29 is 19.4 Å². The highest BCUT2D eigenvalue weighted by Gasteiger charge is 2.34. The van der Waals surface area contributed by atoms with E-state index in [0.717, 1.165) is 5.56 Å². The predicted molar refractivity (Wildman–Crippen MR) is 77.7 cm³/mol. The number of carboxylic acid groups (broad SMARTS) is 1. The van der Waals surface area contributed by atoms with E-state index in [9.17, 15) is 14.7 Å². The molecule has 1 unspecified atom stereocenters. The Labute approximate surface area is 123 Å². The van der Waals surface area contributed by atoms with Crippen molar-refractivity contribution in [1.82, 2.24) is 5.32 Å². The molecule has 1 fully saturated rings. The summed E-state index contributed by atoms with van der Waals surface area (Å²) in [5.41, 5.74) is 1.51. The topological polar surface area (TPSA) is 75.6 Å². The predicted octanol–water partition coefficient (Wildman–Crippen LogP) is 1.83. The fourth-order valence-corrected chi connectivity index (χ4v) is 2.51. The first-order valence-electron chi connectivity index (χ1n) is 6.87. The van der Waals surface area contributed by atoms with Gasteiger partial charge in [-0.1, -0.05) is 35.9 Å². The van der Waals surface area contributed by atoms with Crippen LogP contribution in [0.1, 0.15) is 23.6 Å². The molecule has 1 aliphatic heterocycles. The number of benzene rings is 1. The Kier molecular flexibility index (Phi) is 4.75. The van der Waals surface area contributed by atoms with Crippen LogP contribution in [0.25, 0.3) is 0 Å². The summed E-state index contributed by atoms with van der Waals surface area (Å²) in [6.07, 6.45) is 1.81. The van der Waals surface area contributed by atoms with Crippen molar-refractivity contribution >= 4 is 11.9 Å². The third kappa shape index (κ3) is 3.49. The Morgan fingerprint density at radius 2 is 2.29 bits per heavy atom. The Balaban J connectivity index is 2.15. The van der Waals surface area contributed by atoms with E-state index >= 15 is 0 Å². The number of carbonyl (C=O) groups excluding carboxylic acids is 1. The minimum atomic E-state index is -1.08. The molecular weight excluding hydrogens is 270 g/mol. The molecule has 3 atom stereocenters. The van der Waals surface area contributed by atoms with Crippen LogP contribution in [0, 0.1) is 12.8 Å². The molecule has 2 N–H and O–H groups in total. The molecule has 5 nitrogen and oxygen atoms in total. The van der Waals surface area contributed by atoms with Gasteiger partial charge in [0.15, 0.2) is 6.04 Å². The molecule has 1 saturated heterocycles. The van der Waals surface area contributed by atoms with Gasteiger partial charge in [0.05, 0.1) is 12.0 Å². The van der Waals surface area contributed by atoms with Gasteiger partial charge < -0.3 is 15.2 Å². The lowest BCUT2D eigenvalue weighted by molar-refractivity contribution is -0.142. The van der Waals surface area contributed by atoms with E-state index in [0.29, 0.717) is 18.6 Å². The highest BCUT2D eigenvalue weighted by Crippen LogP contribution is 2.23. The normalized spacial score (nSPS) is 22.5. The number of aliphatic carboxylic acids is 1. The molecule has 1 amide bonds. The number of carbonyl (C=O) groups is 2. The Bertz CT molecular complexity index is 555. The van der Waals surface area contributed by atoms with Crippen LogP contribution in [0.5, 0.6) is 0 Å². The highest BCUT2D eigenvalue weighted by molar-refractivity contribution is 5.86. The van der Waals surface area contributed by atoms with Gasteiger partial charge >= 0.3 is 5.97 Å². The quantitative estimate of drug-likeness (QED) is 0.811. The standard InChI is InChI=1S/C16H19NO4/c1-3-13-12(7-8-21-13)15(18)17-14(16(19)20)11-6-4-5-10(2)9-11/h3-6,9,12-14H,1,7-8H2,2H3,(H,17,18)(H,19,20)/t12-,13+,14?/m1/s1. The van der Waals surface area contributed by atoms with E-state index in [1.807, 2.05) is 13.0 Å². The van der Waals surface area contributed by atoms with E-state index in [-0.39, 0.29) is 17.9 Å². The van der Waals surface area contributed by atoms with Crippen LogP contribution in [-0.4, -0.2) is 29.7 Å². The van der Waals surface area contributed by atoms with E-state index in [4.69, 9.17) is 4.74 Å². The van der Waals surface area contributed by atoms with Crippen molar-refractivity contribution in [2.24, 2.45) is 5.92 Å². The minimum Gasteiger partial charge on any atom is -0.479 e. The van der Waals surface area contributed by atoms with Gasteiger partial charge in [-0.05, 0) is 18.9 Å². The number of rotatable bonds is 5. The number of carboxylic acids is 1. The largest absolute Gasteiger partial charge is 0.479 e. The highest BCUT2D eigenvalue weighted by atomic mass is 16.5. The molecule has 0 bridgehead atoms. The van der Waals surface area contributed by atoms with Gasteiger partial charge in [-0.2, -0.15) is 0 Å². The molecule has 5 heteroatoms. The van der Waals surface area contributed by atoms with Gasteiger partial charge in [0.2, 0.25) is 5.91 Å². The fraction of sp³-hybridized carbons (Fsp3) is 0.375. The molecule has 112 valence electrons. The lowest BCUT2D eigenvalue weighted by Crippen LogP contribution is -2.40. The van der Waals surface area contributed by atoms with E-state index in [1.165, 1.54) is 0 Å². The van der Waals surface area contributed by atoms with Crippen LogP contribution >= 0.6 is 0 Å². The third-order valence-corrected chi connectivity index (χ3v) is 3.61. The lowest BCUT2D eigenvalue weighted by atomic mass is 9.98. The number of ether oxygens (including phenoxy) is 1. The molecular formula is C16H19NO4. The van der Waals surface area contributed by atoms with Crippen molar-refractivity contribution in [3.8, 4) is 0 Å². The van der Waals surface area contributed by atoms with Gasteiger partial charge in [-0.3, -0.25) is 4.79 Å². The number of hydrogen-bond donors (Lipinski definition) is 2. The number of aryl methyl sites for hydroxylation is 1. The second-order valence-electron chi connectivity index (χ2n) is 5.16. The summed E-state index contributed by atoms with van der Waals surface area (Å²) in [5.74, 6) is -1.77. The smallest absolute Gasteiger partial charge is 0.330 e. The van der Waals surface area contributed by atoms with Crippen LogP contribution < -0.4 is 5.32 Å². The van der Waals surface area contributed by atoms with Gasteiger partial charge in [0.1, 0.15) is 0 Å². The van der Waals surface area contributed by atoms with Crippen molar-refractivity contribution in [1.29, 1.82) is 0 Å². The molecule has 0 aromatic heterocycles. The first kappa shape index (κ1) is 15.3. The van der Waals surface area contributed by atoms with Gasteiger partial charge in [-0.25, -0.2) is 4.79 Å².